The normalized spacial score (nSPS) is 19.1. The van der Waals surface area contributed by atoms with E-state index in [1.54, 1.807) is 0 Å². The average molecular weight is 433 g/mol. The molecule has 3 heterocycles. The van der Waals surface area contributed by atoms with Crippen LogP contribution < -0.4 is 0 Å². The second-order valence-corrected chi connectivity index (χ2v) is 8.18. The van der Waals surface area contributed by atoms with Gasteiger partial charge in [-0.15, -0.1) is 12.4 Å². The molecule has 1 amide bonds. The van der Waals surface area contributed by atoms with Crippen molar-refractivity contribution in [2.45, 2.75) is 52.2 Å². The summed E-state index contributed by atoms with van der Waals surface area (Å²) in [5.74, 6) is 1.25. The monoisotopic (exact) mass is 432 g/mol. The summed E-state index contributed by atoms with van der Waals surface area (Å²) in [6.45, 7) is 8.99. The Morgan fingerprint density at radius 3 is 2.73 bits per heavy atom. The smallest absolute Gasteiger partial charge is 0.289 e. The first-order chi connectivity index (χ1) is 14.2. The lowest BCUT2D eigenvalue weighted by molar-refractivity contribution is 0.0154. The number of fused-ring (bicyclic) bond motifs is 1. The Morgan fingerprint density at radius 2 is 1.97 bits per heavy atom. The van der Waals surface area contributed by atoms with Crippen LogP contribution in [0.3, 0.4) is 0 Å². The number of ether oxygens (including phenoxy) is 1. The van der Waals surface area contributed by atoms with Crippen molar-refractivity contribution in [3.8, 4) is 0 Å². The number of amides is 1. The largest absolute Gasteiger partial charge is 0.456 e. The van der Waals surface area contributed by atoms with Crippen LogP contribution in [-0.2, 0) is 17.7 Å². The maximum atomic E-state index is 13.2. The van der Waals surface area contributed by atoms with E-state index in [1.165, 1.54) is 30.4 Å². The first kappa shape index (κ1) is 22.9. The predicted octanol–water partition coefficient (Wildman–Crippen LogP) is 4.77. The van der Waals surface area contributed by atoms with Gasteiger partial charge in [0.1, 0.15) is 11.9 Å². The fraction of sp³-hybridized carbons (Fsp3) is 0.542. The summed E-state index contributed by atoms with van der Waals surface area (Å²) < 4.78 is 11.9. The molecule has 2 aromatic rings. The third-order valence-corrected chi connectivity index (χ3v) is 6.22. The molecule has 0 radical (unpaired) electrons. The molecule has 4 rings (SSSR count). The minimum absolute atomic E-state index is 0. The first-order valence-electron chi connectivity index (χ1n) is 11.0. The van der Waals surface area contributed by atoms with Gasteiger partial charge in [0.15, 0.2) is 5.76 Å². The molecule has 5 nitrogen and oxygen atoms in total. The molecule has 0 bridgehead atoms. The number of aryl methyl sites for hydroxylation is 1. The molecular formula is C24H33ClN2O3. The Hall–Kier alpha value is -1.82. The van der Waals surface area contributed by atoms with Gasteiger partial charge in [-0.25, -0.2) is 0 Å². The molecule has 1 atom stereocenters. The van der Waals surface area contributed by atoms with Gasteiger partial charge in [0, 0.05) is 18.7 Å². The number of piperidine rings is 1. The van der Waals surface area contributed by atoms with E-state index >= 15 is 0 Å². The molecule has 1 aromatic heterocycles. The third-order valence-electron chi connectivity index (χ3n) is 6.22. The van der Waals surface area contributed by atoms with Crippen LogP contribution in [-0.4, -0.2) is 48.5 Å². The molecule has 2 aliphatic rings. The van der Waals surface area contributed by atoms with Crippen molar-refractivity contribution in [1.82, 2.24) is 9.80 Å². The molecule has 1 saturated heterocycles. The quantitative estimate of drug-likeness (QED) is 0.659. The second kappa shape index (κ2) is 10.5. The SMILES string of the molecule is CCN(CC1OCCc2ccccc21)C(=O)c1cc(CN2CCCCC2)c(C)o1.Cl. The van der Waals surface area contributed by atoms with Gasteiger partial charge in [-0.3, -0.25) is 9.69 Å². The van der Waals surface area contributed by atoms with Crippen LogP contribution in [0.4, 0.5) is 0 Å². The van der Waals surface area contributed by atoms with E-state index in [0.29, 0.717) is 25.5 Å². The number of rotatable bonds is 6. The molecule has 1 aromatic carbocycles. The van der Waals surface area contributed by atoms with Gasteiger partial charge in [-0.2, -0.15) is 0 Å². The lowest BCUT2D eigenvalue weighted by atomic mass is 9.97. The van der Waals surface area contributed by atoms with Crippen molar-refractivity contribution in [3.05, 3.63) is 58.5 Å². The standard InChI is InChI=1S/C24H32N2O3.ClH/c1-3-26(17-23-21-10-6-5-9-19(21)11-14-28-23)24(27)22-15-20(18(2)29-22)16-25-12-7-4-8-13-25;/h5-6,9-10,15,23H,3-4,7-8,11-14,16-17H2,1-2H3;1H. The number of halogens is 1. The number of benzene rings is 1. The van der Waals surface area contributed by atoms with Crippen LogP contribution in [0.2, 0.25) is 0 Å². The Kier molecular flexibility index (Phi) is 7.98. The number of furan rings is 1. The van der Waals surface area contributed by atoms with Gasteiger partial charge in [-0.05, 0) is 63.4 Å². The zero-order chi connectivity index (χ0) is 20.2. The Bertz CT molecular complexity index is 845. The number of hydrogen-bond donors (Lipinski definition) is 0. The van der Waals surface area contributed by atoms with Gasteiger partial charge in [0.25, 0.3) is 5.91 Å². The molecule has 1 fully saturated rings. The van der Waals surface area contributed by atoms with E-state index in [1.807, 2.05) is 30.9 Å². The van der Waals surface area contributed by atoms with Crippen molar-refractivity contribution in [1.29, 1.82) is 0 Å². The number of hydrogen-bond acceptors (Lipinski definition) is 4. The number of likely N-dealkylation sites (N-methyl/N-ethyl adjacent to an activating group) is 1. The van der Waals surface area contributed by atoms with Crippen LogP contribution in [0.5, 0.6) is 0 Å². The summed E-state index contributed by atoms with van der Waals surface area (Å²) in [4.78, 5) is 17.5. The fourth-order valence-electron chi connectivity index (χ4n) is 4.48. The maximum absolute atomic E-state index is 13.2. The van der Waals surface area contributed by atoms with E-state index in [9.17, 15) is 4.79 Å². The molecule has 2 aliphatic heterocycles. The van der Waals surface area contributed by atoms with Crippen LogP contribution in [0.25, 0.3) is 0 Å². The highest BCUT2D eigenvalue weighted by Gasteiger charge is 2.27. The molecule has 0 spiro atoms. The zero-order valence-electron chi connectivity index (χ0n) is 18.1. The summed E-state index contributed by atoms with van der Waals surface area (Å²) in [5.41, 5.74) is 3.65. The van der Waals surface area contributed by atoms with E-state index in [2.05, 4.69) is 23.1 Å². The topological polar surface area (TPSA) is 45.9 Å². The number of carbonyl (C=O) groups is 1. The minimum atomic E-state index is -0.0762. The van der Waals surface area contributed by atoms with E-state index in [-0.39, 0.29) is 24.4 Å². The van der Waals surface area contributed by atoms with Crippen molar-refractivity contribution in [2.24, 2.45) is 0 Å². The van der Waals surface area contributed by atoms with Crippen LogP contribution >= 0.6 is 12.4 Å². The van der Waals surface area contributed by atoms with Gasteiger partial charge >= 0.3 is 0 Å². The van der Waals surface area contributed by atoms with E-state index in [0.717, 1.165) is 37.4 Å². The van der Waals surface area contributed by atoms with Crippen LogP contribution in [0.15, 0.2) is 34.7 Å². The molecule has 0 N–H and O–H groups in total. The Morgan fingerprint density at radius 1 is 1.20 bits per heavy atom. The highest BCUT2D eigenvalue weighted by atomic mass is 35.5. The van der Waals surface area contributed by atoms with Gasteiger partial charge in [0.05, 0.1) is 13.2 Å². The summed E-state index contributed by atoms with van der Waals surface area (Å²) in [7, 11) is 0. The van der Waals surface area contributed by atoms with Gasteiger partial charge < -0.3 is 14.1 Å². The predicted molar refractivity (Wildman–Crippen MR) is 120 cm³/mol. The lowest BCUT2D eigenvalue weighted by Gasteiger charge is -2.30. The van der Waals surface area contributed by atoms with Crippen molar-refractivity contribution in [3.63, 3.8) is 0 Å². The summed E-state index contributed by atoms with van der Waals surface area (Å²) in [5, 5.41) is 0. The second-order valence-electron chi connectivity index (χ2n) is 8.18. The van der Waals surface area contributed by atoms with E-state index < -0.39 is 0 Å². The van der Waals surface area contributed by atoms with Crippen LogP contribution in [0, 0.1) is 6.92 Å². The summed E-state index contributed by atoms with van der Waals surface area (Å²) in [6.07, 6.45) is 4.70. The Labute approximate surface area is 185 Å². The summed E-state index contributed by atoms with van der Waals surface area (Å²) in [6, 6.07) is 10.3. The maximum Gasteiger partial charge on any atom is 0.289 e. The van der Waals surface area contributed by atoms with Crippen molar-refractivity contribution >= 4 is 18.3 Å². The molecule has 0 aliphatic carbocycles. The third kappa shape index (κ3) is 5.08. The number of carbonyl (C=O) groups excluding carboxylic acids is 1. The minimum Gasteiger partial charge on any atom is -0.456 e. The summed E-state index contributed by atoms with van der Waals surface area (Å²) >= 11 is 0. The molecule has 30 heavy (non-hydrogen) atoms. The zero-order valence-corrected chi connectivity index (χ0v) is 18.9. The lowest BCUT2D eigenvalue weighted by Crippen LogP contribution is -2.36. The number of nitrogens with zero attached hydrogens (tertiary/aromatic N) is 2. The molecule has 1 unspecified atom stereocenters. The highest BCUT2D eigenvalue weighted by Crippen LogP contribution is 2.28. The molecule has 6 heteroatoms. The van der Waals surface area contributed by atoms with Gasteiger partial charge in [-0.1, -0.05) is 30.7 Å². The molecular weight excluding hydrogens is 400 g/mol. The van der Waals surface area contributed by atoms with Gasteiger partial charge in [0.2, 0.25) is 0 Å². The molecule has 0 saturated carbocycles. The Balaban J connectivity index is 0.00000256. The highest BCUT2D eigenvalue weighted by molar-refractivity contribution is 5.91. The molecule has 164 valence electrons. The average Bonchev–Trinajstić information content (AvgIpc) is 3.12. The number of likely N-dealkylation sites (tertiary alicyclic amines) is 1. The fourth-order valence-corrected chi connectivity index (χ4v) is 4.48. The van der Waals surface area contributed by atoms with Crippen LogP contribution in [0.1, 0.15) is 65.3 Å². The van der Waals surface area contributed by atoms with E-state index in [4.69, 9.17) is 9.15 Å². The van der Waals surface area contributed by atoms with Crippen molar-refractivity contribution in [2.75, 3.05) is 32.8 Å². The first-order valence-corrected chi connectivity index (χ1v) is 11.0. The van der Waals surface area contributed by atoms with Crippen molar-refractivity contribution < 1.29 is 13.9 Å².